The first-order valence-corrected chi connectivity index (χ1v) is 10.1. The van der Waals surface area contributed by atoms with Crippen molar-refractivity contribution in [2.75, 3.05) is 16.8 Å². The first-order valence-electron chi connectivity index (χ1n) is 9.72. The monoisotopic (exact) mass is 419 g/mol. The van der Waals surface area contributed by atoms with Gasteiger partial charge in [0, 0.05) is 18.3 Å². The van der Waals surface area contributed by atoms with Gasteiger partial charge in [0.15, 0.2) is 5.11 Å². The molecule has 152 valence electrons. The number of benzene rings is 1. The van der Waals surface area contributed by atoms with Gasteiger partial charge < -0.3 is 10.2 Å². The van der Waals surface area contributed by atoms with Crippen molar-refractivity contribution < 1.29 is 9.59 Å². The number of nitrogens with zero attached hydrogens (tertiary/aromatic N) is 4. The van der Waals surface area contributed by atoms with Crippen LogP contribution in [0, 0.1) is 25.2 Å². The largest absolute Gasteiger partial charge is 0.355 e. The topological polar surface area (TPSA) is 89.3 Å². The van der Waals surface area contributed by atoms with E-state index in [1.54, 1.807) is 26.1 Å². The molecule has 4 rings (SSSR count). The Balaban J connectivity index is 1.78. The fourth-order valence-electron chi connectivity index (χ4n) is 4.18. The maximum absolute atomic E-state index is 13.5. The Kier molecular flexibility index (Phi) is 4.79. The molecular formula is C22H21N5O2S. The van der Waals surface area contributed by atoms with Crippen molar-refractivity contribution in [3.05, 3.63) is 52.8 Å². The minimum absolute atomic E-state index is 0.0716. The molecule has 1 saturated heterocycles. The summed E-state index contributed by atoms with van der Waals surface area (Å²) in [7, 11) is 1.60. The SMILES string of the molecule is CNC(=O)c1ccc(N2C(=S)N(c3cnc(C#N)c(C)c3)C(=O)C23CCC3)cc1C. The molecule has 2 aliphatic rings. The van der Waals surface area contributed by atoms with Gasteiger partial charge in [-0.05, 0) is 80.7 Å². The molecule has 2 amide bonds. The minimum Gasteiger partial charge on any atom is -0.355 e. The average Bonchev–Trinajstić information content (AvgIpc) is 2.94. The highest BCUT2D eigenvalue weighted by Gasteiger charge is 2.59. The zero-order chi connectivity index (χ0) is 21.6. The molecule has 0 atom stereocenters. The van der Waals surface area contributed by atoms with Crippen LogP contribution in [0.1, 0.15) is 46.4 Å². The molecule has 2 heterocycles. The number of nitrogens with one attached hydrogen (secondary N) is 1. The highest BCUT2D eigenvalue weighted by molar-refractivity contribution is 7.81. The molecule has 8 heteroatoms. The van der Waals surface area contributed by atoms with Gasteiger partial charge >= 0.3 is 0 Å². The standard InChI is InChI=1S/C22H21N5O2S/c1-13-9-15(5-6-17(13)19(28)24-3)27-21(30)26(20(29)22(27)7-4-8-22)16-10-14(2)18(11-23)25-12-16/h5-6,9-10,12H,4,7-8H2,1-3H3,(H,24,28). The number of hydrogen-bond acceptors (Lipinski definition) is 5. The number of hydrogen-bond donors (Lipinski definition) is 1. The third kappa shape index (κ3) is 2.77. The van der Waals surface area contributed by atoms with Crippen molar-refractivity contribution in [1.82, 2.24) is 10.3 Å². The molecular weight excluding hydrogens is 398 g/mol. The number of pyridine rings is 1. The van der Waals surface area contributed by atoms with E-state index < -0.39 is 5.54 Å². The molecule has 2 fully saturated rings. The predicted octanol–water partition coefficient (Wildman–Crippen LogP) is 2.99. The Hall–Kier alpha value is -3.31. The van der Waals surface area contributed by atoms with E-state index >= 15 is 0 Å². The Labute approximate surface area is 180 Å². The summed E-state index contributed by atoms with van der Waals surface area (Å²) in [6, 6.07) is 9.31. The van der Waals surface area contributed by atoms with E-state index in [0.717, 1.165) is 17.7 Å². The number of carbonyl (C=O) groups is 2. The molecule has 1 aliphatic heterocycles. The van der Waals surface area contributed by atoms with Crippen LogP contribution in [0.5, 0.6) is 0 Å². The summed E-state index contributed by atoms with van der Waals surface area (Å²) in [5.74, 6) is -0.226. The number of carbonyl (C=O) groups excluding carboxylic acids is 2. The predicted molar refractivity (Wildman–Crippen MR) is 117 cm³/mol. The zero-order valence-corrected chi connectivity index (χ0v) is 17.8. The second kappa shape index (κ2) is 7.18. The number of nitriles is 1. The summed E-state index contributed by atoms with van der Waals surface area (Å²) >= 11 is 5.77. The number of aryl methyl sites for hydroxylation is 2. The molecule has 30 heavy (non-hydrogen) atoms. The molecule has 1 saturated carbocycles. The molecule has 1 aromatic carbocycles. The average molecular weight is 420 g/mol. The highest BCUT2D eigenvalue weighted by atomic mass is 32.1. The molecule has 1 aliphatic carbocycles. The van der Waals surface area contributed by atoms with Gasteiger partial charge in [-0.15, -0.1) is 0 Å². The van der Waals surface area contributed by atoms with Gasteiger partial charge in [-0.1, -0.05) is 0 Å². The van der Waals surface area contributed by atoms with E-state index in [4.69, 9.17) is 17.5 Å². The fourth-order valence-corrected chi connectivity index (χ4v) is 4.65. The highest BCUT2D eigenvalue weighted by Crippen LogP contribution is 2.48. The maximum Gasteiger partial charge on any atom is 0.259 e. The fraction of sp³-hybridized carbons (Fsp3) is 0.318. The Bertz CT molecular complexity index is 1130. The lowest BCUT2D eigenvalue weighted by molar-refractivity contribution is -0.123. The van der Waals surface area contributed by atoms with Crippen LogP contribution in [0.2, 0.25) is 0 Å². The van der Waals surface area contributed by atoms with Crippen molar-refractivity contribution >= 4 is 40.5 Å². The molecule has 1 aromatic heterocycles. The summed E-state index contributed by atoms with van der Waals surface area (Å²) in [4.78, 5) is 33.2. The summed E-state index contributed by atoms with van der Waals surface area (Å²) in [6.07, 6.45) is 3.88. The van der Waals surface area contributed by atoms with Crippen LogP contribution in [-0.4, -0.2) is 34.5 Å². The van der Waals surface area contributed by atoms with E-state index in [-0.39, 0.29) is 11.8 Å². The van der Waals surface area contributed by atoms with Crippen LogP contribution in [0.15, 0.2) is 30.5 Å². The van der Waals surface area contributed by atoms with Crippen molar-refractivity contribution in [2.45, 2.75) is 38.6 Å². The number of anilines is 2. The minimum atomic E-state index is -0.708. The van der Waals surface area contributed by atoms with Gasteiger partial charge in [0.2, 0.25) is 0 Å². The summed E-state index contributed by atoms with van der Waals surface area (Å²) in [6.45, 7) is 3.66. The van der Waals surface area contributed by atoms with Crippen molar-refractivity contribution in [1.29, 1.82) is 5.26 Å². The molecule has 1 N–H and O–H groups in total. The molecule has 2 aromatic rings. The van der Waals surface area contributed by atoms with Crippen LogP contribution < -0.4 is 15.1 Å². The molecule has 0 radical (unpaired) electrons. The van der Waals surface area contributed by atoms with Gasteiger partial charge in [0.05, 0.1) is 11.9 Å². The lowest BCUT2D eigenvalue weighted by Crippen LogP contribution is -2.55. The zero-order valence-electron chi connectivity index (χ0n) is 17.0. The Morgan fingerprint density at radius 3 is 2.47 bits per heavy atom. The van der Waals surface area contributed by atoms with E-state index in [2.05, 4.69) is 10.3 Å². The maximum atomic E-state index is 13.5. The van der Waals surface area contributed by atoms with Crippen LogP contribution in [0.25, 0.3) is 0 Å². The van der Waals surface area contributed by atoms with Gasteiger partial charge in [-0.3, -0.25) is 14.5 Å². The third-order valence-electron chi connectivity index (χ3n) is 5.96. The second-order valence-corrected chi connectivity index (χ2v) is 8.06. The van der Waals surface area contributed by atoms with Crippen LogP contribution >= 0.6 is 12.2 Å². The van der Waals surface area contributed by atoms with Crippen molar-refractivity contribution in [3.8, 4) is 6.07 Å². The Morgan fingerprint density at radius 2 is 1.93 bits per heavy atom. The second-order valence-electron chi connectivity index (χ2n) is 7.69. The van der Waals surface area contributed by atoms with Gasteiger partial charge in [0.1, 0.15) is 17.3 Å². The first kappa shape index (κ1) is 20.0. The normalized spacial score (nSPS) is 17.1. The lowest BCUT2D eigenvalue weighted by Gasteiger charge is -2.43. The summed E-state index contributed by atoms with van der Waals surface area (Å²) < 4.78 is 0. The number of aromatic nitrogens is 1. The van der Waals surface area contributed by atoms with E-state index in [1.807, 2.05) is 30.0 Å². The van der Waals surface area contributed by atoms with Crippen LogP contribution in [-0.2, 0) is 4.79 Å². The number of thiocarbonyl (C=S) groups is 1. The smallest absolute Gasteiger partial charge is 0.259 e. The first-order chi connectivity index (χ1) is 14.3. The van der Waals surface area contributed by atoms with E-state index in [0.29, 0.717) is 40.5 Å². The Morgan fingerprint density at radius 1 is 1.23 bits per heavy atom. The van der Waals surface area contributed by atoms with Gasteiger partial charge in [-0.2, -0.15) is 5.26 Å². The molecule has 0 unspecified atom stereocenters. The molecule has 7 nitrogen and oxygen atoms in total. The number of rotatable bonds is 3. The third-order valence-corrected chi connectivity index (χ3v) is 6.33. The van der Waals surface area contributed by atoms with Crippen LogP contribution in [0.3, 0.4) is 0 Å². The molecule has 1 spiro atoms. The molecule has 0 bridgehead atoms. The lowest BCUT2D eigenvalue weighted by atomic mass is 9.75. The van der Waals surface area contributed by atoms with Crippen molar-refractivity contribution in [2.24, 2.45) is 0 Å². The van der Waals surface area contributed by atoms with E-state index in [1.165, 1.54) is 11.1 Å². The summed E-state index contributed by atoms with van der Waals surface area (Å²) in [5.41, 5.74) is 3.06. The van der Waals surface area contributed by atoms with Gasteiger partial charge in [0.25, 0.3) is 11.8 Å². The van der Waals surface area contributed by atoms with E-state index in [9.17, 15) is 9.59 Å². The van der Waals surface area contributed by atoms with Gasteiger partial charge in [-0.25, -0.2) is 4.98 Å². The quantitative estimate of drug-likeness (QED) is 0.770. The van der Waals surface area contributed by atoms with Crippen molar-refractivity contribution in [3.63, 3.8) is 0 Å². The summed E-state index contributed by atoms with van der Waals surface area (Å²) in [5, 5.41) is 12.2. The van der Waals surface area contributed by atoms with Crippen LogP contribution in [0.4, 0.5) is 11.4 Å². The number of amides is 2.